The summed E-state index contributed by atoms with van der Waals surface area (Å²) in [5.41, 5.74) is 12.0. The highest BCUT2D eigenvalue weighted by Crippen LogP contribution is 2.20. The minimum Gasteiger partial charge on any atom is -0.389 e. The van der Waals surface area contributed by atoms with E-state index in [0.29, 0.717) is 6.54 Å². The van der Waals surface area contributed by atoms with Crippen LogP contribution < -0.4 is 11.5 Å². The summed E-state index contributed by atoms with van der Waals surface area (Å²) in [5, 5.41) is 0. The van der Waals surface area contributed by atoms with Crippen LogP contribution in [0.3, 0.4) is 0 Å². The van der Waals surface area contributed by atoms with Crippen molar-refractivity contribution in [3.05, 3.63) is 35.1 Å². The third-order valence-corrected chi connectivity index (χ3v) is 3.84. The summed E-state index contributed by atoms with van der Waals surface area (Å²) < 4.78 is 13.5. The van der Waals surface area contributed by atoms with E-state index in [0.717, 1.165) is 31.4 Å². The maximum atomic E-state index is 13.5. The second-order valence-electron chi connectivity index (χ2n) is 5.06. The van der Waals surface area contributed by atoms with Gasteiger partial charge in [0.1, 0.15) is 10.8 Å². The third kappa shape index (κ3) is 3.32. The number of benzene rings is 1. The standard InChI is InChI=1S/C14H18FN3OS/c15-11-5-4-9(7-10(11)14(17)20)8-18-6-2-1-3-12(18)13(16)19/h4-5,7,12H,1-3,6,8H2,(H2,16,19)(H2,17,20). The van der Waals surface area contributed by atoms with Gasteiger partial charge in [0.25, 0.3) is 0 Å². The first-order valence-electron chi connectivity index (χ1n) is 6.60. The fraction of sp³-hybridized carbons (Fsp3) is 0.429. The Labute approximate surface area is 122 Å². The second-order valence-corrected chi connectivity index (χ2v) is 5.50. The summed E-state index contributed by atoms with van der Waals surface area (Å²) in [5.74, 6) is -0.729. The van der Waals surface area contributed by atoms with Gasteiger partial charge in [0.05, 0.1) is 6.04 Å². The molecule has 20 heavy (non-hydrogen) atoms. The number of halogens is 1. The zero-order chi connectivity index (χ0) is 14.7. The Morgan fingerprint density at radius 1 is 1.40 bits per heavy atom. The van der Waals surface area contributed by atoms with Gasteiger partial charge in [-0.2, -0.15) is 0 Å². The third-order valence-electron chi connectivity index (χ3n) is 3.62. The molecule has 0 aromatic heterocycles. The van der Waals surface area contributed by atoms with Crippen LogP contribution in [0.25, 0.3) is 0 Å². The molecule has 2 rings (SSSR count). The highest BCUT2D eigenvalue weighted by molar-refractivity contribution is 7.80. The first-order chi connectivity index (χ1) is 9.49. The molecule has 0 radical (unpaired) electrons. The molecule has 1 atom stereocenters. The van der Waals surface area contributed by atoms with E-state index in [9.17, 15) is 9.18 Å². The molecule has 1 heterocycles. The number of hydrogen-bond acceptors (Lipinski definition) is 3. The van der Waals surface area contributed by atoms with Gasteiger partial charge in [0, 0.05) is 12.1 Å². The fourth-order valence-electron chi connectivity index (χ4n) is 2.60. The Morgan fingerprint density at radius 3 is 2.80 bits per heavy atom. The van der Waals surface area contributed by atoms with Crippen LogP contribution in [-0.4, -0.2) is 28.4 Å². The van der Waals surface area contributed by atoms with Gasteiger partial charge >= 0.3 is 0 Å². The van der Waals surface area contributed by atoms with Crippen LogP contribution in [0.1, 0.15) is 30.4 Å². The topological polar surface area (TPSA) is 72.4 Å². The summed E-state index contributed by atoms with van der Waals surface area (Å²) in [6, 6.07) is 4.43. The number of amides is 1. The van der Waals surface area contributed by atoms with E-state index in [-0.39, 0.29) is 22.5 Å². The average Bonchev–Trinajstić information content (AvgIpc) is 2.41. The second kappa shape index (κ2) is 6.28. The van der Waals surface area contributed by atoms with Crippen LogP contribution in [0.5, 0.6) is 0 Å². The van der Waals surface area contributed by atoms with E-state index in [2.05, 4.69) is 0 Å². The van der Waals surface area contributed by atoms with Crippen molar-refractivity contribution < 1.29 is 9.18 Å². The number of nitrogens with two attached hydrogens (primary N) is 2. The molecule has 4 N–H and O–H groups in total. The Bertz CT molecular complexity index is 535. The molecule has 1 saturated heterocycles. The predicted molar refractivity (Wildman–Crippen MR) is 79.5 cm³/mol. The maximum absolute atomic E-state index is 13.5. The van der Waals surface area contributed by atoms with Crippen molar-refractivity contribution >= 4 is 23.1 Å². The van der Waals surface area contributed by atoms with E-state index in [1.54, 1.807) is 12.1 Å². The van der Waals surface area contributed by atoms with Crippen LogP contribution >= 0.6 is 12.2 Å². The Kier molecular flexibility index (Phi) is 4.67. The fourth-order valence-corrected chi connectivity index (χ4v) is 2.75. The Hall–Kier alpha value is -1.53. The van der Waals surface area contributed by atoms with Crippen molar-refractivity contribution in [2.45, 2.75) is 31.8 Å². The molecule has 1 aliphatic heterocycles. The number of hydrogen-bond donors (Lipinski definition) is 2. The molecule has 0 bridgehead atoms. The normalized spacial score (nSPS) is 19.8. The average molecular weight is 295 g/mol. The molecule has 6 heteroatoms. The van der Waals surface area contributed by atoms with E-state index in [1.165, 1.54) is 6.07 Å². The van der Waals surface area contributed by atoms with Crippen LogP contribution in [-0.2, 0) is 11.3 Å². The van der Waals surface area contributed by atoms with Gasteiger partial charge in [-0.25, -0.2) is 4.39 Å². The lowest BCUT2D eigenvalue weighted by atomic mass is 10.00. The number of piperidine rings is 1. The molecule has 1 unspecified atom stereocenters. The SMILES string of the molecule is NC(=O)C1CCCCN1Cc1ccc(F)c(C(N)=S)c1. The van der Waals surface area contributed by atoms with Gasteiger partial charge in [0.15, 0.2) is 0 Å². The largest absolute Gasteiger partial charge is 0.389 e. The van der Waals surface area contributed by atoms with Crippen molar-refractivity contribution in [2.75, 3.05) is 6.54 Å². The molecule has 1 aliphatic rings. The molecule has 4 nitrogen and oxygen atoms in total. The number of nitrogens with zero attached hydrogens (tertiary/aromatic N) is 1. The molecule has 0 saturated carbocycles. The number of rotatable bonds is 4. The minimum absolute atomic E-state index is 0.0365. The quantitative estimate of drug-likeness (QED) is 0.821. The number of primary amides is 1. The Balaban J connectivity index is 2.18. The summed E-state index contributed by atoms with van der Waals surface area (Å²) in [4.78, 5) is 13.5. The van der Waals surface area contributed by atoms with Crippen molar-refractivity contribution in [3.63, 3.8) is 0 Å². The lowest BCUT2D eigenvalue weighted by molar-refractivity contribution is -0.124. The van der Waals surface area contributed by atoms with Crippen LogP contribution in [0.4, 0.5) is 4.39 Å². The van der Waals surface area contributed by atoms with E-state index in [1.807, 2.05) is 4.90 Å². The number of carbonyl (C=O) groups is 1. The van der Waals surface area contributed by atoms with E-state index in [4.69, 9.17) is 23.7 Å². The summed E-state index contributed by atoms with van der Waals surface area (Å²) in [6.45, 7) is 1.36. The maximum Gasteiger partial charge on any atom is 0.234 e. The summed E-state index contributed by atoms with van der Waals surface area (Å²) in [7, 11) is 0. The van der Waals surface area contributed by atoms with Gasteiger partial charge in [0.2, 0.25) is 5.91 Å². The van der Waals surface area contributed by atoms with Gasteiger partial charge in [-0.1, -0.05) is 24.7 Å². The zero-order valence-corrected chi connectivity index (χ0v) is 12.0. The van der Waals surface area contributed by atoms with Crippen molar-refractivity contribution in [1.29, 1.82) is 0 Å². The molecule has 108 valence electrons. The summed E-state index contributed by atoms with van der Waals surface area (Å²) in [6.07, 6.45) is 2.82. The van der Waals surface area contributed by atoms with Crippen LogP contribution in [0, 0.1) is 5.82 Å². The zero-order valence-electron chi connectivity index (χ0n) is 11.1. The van der Waals surface area contributed by atoms with Gasteiger partial charge in [-0.05, 0) is 37.1 Å². The van der Waals surface area contributed by atoms with Crippen molar-refractivity contribution in [1.82, 2.24) is 4.90 Å². The molecule has 0 spiro atoms. The monoisotopic (exact) mass is 295 g/mol. The lowest BCUT2D eigenvalue weighted by Crippen LogP contribution is -2.47. The van der Waals surface area contributed by atoms with Crippen molar-refractivity contribution in [2.24, 2.45) is 11.5 Å². The number of carbonyl (C=O) groups excluding carboxylic acids is 1. The number of thiocarbonyl (C=S) groups is 1. The van der Waals surface area contributed by atoms with E-state index < -0.39 is 5.82 Å². The molecular formula is C14H18FN3OS. The Morgan fingerprint density at radius 2 is 2.15 bits per heavy atom. The van der Waals surface area contributed by atoms with Crippen molar-refractivity contribution in [3.8, 4) is 0 Å². The van der Waals surface area contributed by atoms with Crippen LogP contribution in [0.2, 0.25) is 0 Å². The highest BCUT2D eigenvalue weighted by Gasteiger charge is 2.26. The molecule has 1 fully saturated rings. The molecular weight excluding hydrogens is 277 g/mol. The minimum atomic E-state index is -0.425. The van der Waals surface area contributed by atoms with E-state index >= 15 is 0 Å². The molecule has 1 aromatic carbocycles. The highest BCUT2D eigenvalue weighted by atomic mass is 32.1. The molecule has 1 aromatic rings. The number of likely N-dealkylation sites (tertiary alicyclic amines) is 1. The predicted octanol–water partition coefficient (Wildman–Crippen LogP) is 1.30. The first-order valence-corrected chi connectivity index (χ1v) is 7.01. The van der Waals surface area contributed by atoms with Gasteiger partial charge in [-0.3, -0.25) is 9.69 Å². The van der Waals surface area contributed by atoms with Gasteiger partial charge < -0.3 is 11.5 Å². The smallest absolute Gasteiger partial charge is 0.234 e. The van der Waals surface area contributed by atoms with Crippen LogP contribution in [0.15, 0.2) is 18.2 Å². The lowest BCUT2D eigenvalue weighted by Gasteiger charge is -2.33. The molecule has 1 amide bonds. The summed E-state index contributed by atoms with van der Waals surface area (Å²) >= 11 is 4.83. The van der Waals surface area contributed by atoms with Gasteiger partial charge in [-0.15, -0.1) is 0 Å². The first kappa shape index (κ1) is 14.9. The molecule has 0 aliphatic carbocycles.